The van der Waals surface area contributed by atoms with Crippen molar-refractivity contribution in [1.82, 2.24) is 14.8 Å². The lowest BCUT2D eigenvalue weighted by Gasteiger charge is -2.37. The lowest BCUT2D eigenvalue weighted by molar-refractivity contribution is -0.133. The van der Waals surface area contributed by atoms with Gasteiger partial charge in [-0.3, -0.25) is 4.79 Å². The molecular formula is C19H25N3O2. The SMILES string of the molecule is COc1cccc(C2c3cccn3CCN2C(=O)CNC(C)C)c1. The van der Waals surface area contributed by atoms with Crippen LogP contribution >= 0.6 is 0 Å². The third kappa shape index (κ3) is 3.31. The number of fused-ring (bicyclic) bond motifs is 1. The summed E-state index contributed by atoms with van der Waals surface area (Å²) in [7, 11) is 1.66. The fraction of sp³-hybridized carbons (Fsp3) is 0.421. The van der Waals surface area contributed by atoms with Crippen molar-refractivity contribution >= 4 is 5.91 Å². The van der Waals surface area contributed by atoms with Gasteiger partial charge in [0.25, 0.3) is 0 Å². The van der Waals surface area contributed by atoms with Crippen LogP contribution in [0, 0.1) is 0 Å². The molecule has 0 radical (unpaired) electrons. The summed E-state index contributed by atoms with van der Waals surface area (Å²) < 4.78 is 7.59. The molecule has 24 heavy (non-hydrogen) atoms. The van der Waals surface area contributed by atoms with Crippen LogP contribution in [0.4, 0.5) is 0 Å². The third-order valence-corrected chi connectivity index (χ3v) is 4.43. The third-order valence-electron chi connectivity index (χ3n) is 4.43. The molecule has 0 fully saturated rings. The summed E-state index contributed by atoms with van der Waals surface area (Å²) in [5.74, 6) is 0.938. The van der Waals surface area contributed by atoms with Gasteiger partial charge in [-0.05, 0) is 29.8 Å². The number of rotatable bonds is 5. The highest BCUT2D eigenvalue weighted by Crippen LogP contribution is 2.33. The van der Waals surface area contributed by atoms with Crippen LogP contribution in [0.2, 0.25) is 0 Å². The molecule has 128 valence electrons. The number of hydrogen-bond acceptors (Lipinski definition) is 3. The number of methoxy groups -OCH3 is 1. The largest absolute Gasteiger partial charge is 0.497 e. The minimum absolute atomic E-state index is 0.0784. The summed E-state index contributed by atoms with van der Waals surface area (Å²) in [5.41, 5.74) is 2.22. The van der Waals surface area contributed by atoms with Gasteiger partial charge in [0.15, 0.2) is 0 Å². The van der Waals surface area contributed by atoms with Crippen LogP contribution in [0.1, 0.15) is 31.1 Å². The molecule has 0 spiro atoms. The van der Waals surface area contributed by atoms with Crippen LogP contribution in [-0.2, 0) is 11.3 Å². The van der Waals surface area contributed by atoms with Gasteiger partial charge in [0.05, 0.1) is 19.7 Å². The number of hydrogen-bond donors (Lipinski definition) is 1. The van der Waals surface area contributed by atoms with Gasteiger partial charge in [0.2, 0.25) is 5.91 Å². The molecule has 0 aliphatic carbocycles. The van der Waals surface area contributed by atoms with Gasteiger partial charge in [-0.25, -0.2) is 0 Å². The second-order valence-electron chi connectivity index (χ2n) is 6.43. The maximum Gasteiger partial charge on any atom is 0.237 e. The highest BCUT2D eigenvalue weighted by Gasteiger charge is 2.32. The summed E-state index contributed by atoms with van der Waals surface area (Å²) in [6.45, 7) is 6.00. The lowest BCUT2D eigenvalue weighted by atomic mass is 9.99. The van der Waals surface area contributed by atoms with Crippen molar-refractivity contribution in [2.45, 2.75) is 32.5 Å². The van der Waals surface area contributed by atoms with Gasteiger partial charge in [-0.15, -0.1) is 0 Å². The first-order valence-corrected chi connectivity index (χ1v) is 8.42. The van der Waals surface area contributed by atoms with Crippen molar-refractivity contribution in [1.29, 1.82) is 0 Å². The van der Waals surface area contributed by atoms with Gasteiger partial charge in [0.1, 0.15) is 5.75 Å². The summed E-state index contributed by atoms with van der Waals surface area (Å²) >= 11 is 0. The number of benzene rings is 1. The molecule has 5 heteroatoms. The number of nitrogens with zero attached hydrogens (tertiary/aromatic N) is 2. The highest BCUT2D eigenvalue weighted by atomic mass is 16.5. The predicted molar refractivity (Wildman–Crippen MR) is 94.1 cm³/mol. The maximum absolute atomic E-state index is 12.8. The Morgan fingerprint density at radius 2 is 2.12 bits per heavy atom. The molecule has 2 heterocycles. The number of carbonyl (C=O) groups excluding carboxylic acids is 1. The fourth-order valence-corrected chi connectivity index (χ4v) is 3.21. The van der Waals surface area contributed by atoms with Crippen molar-refractivity contribution in [3.05, 3.63) is 53.9 Å². The van der Waals surface area contributed by atoms with E-state index in [2.05, 4.69) is 28.2 Å². The topological polar surface area (TPSA) is 46.5 Å². The second-order valence-corrected chi connectivity index (χ2v) is 6.43. The Morgan fingerprint density at radius 3 is 2.88 bits per heavy atom. The van der Waals surface area contributed by atoms with Gasteiger partial charge in [-0.1, -0.05) is 26.0 Å². The van der Waals surface area contributed by atoms with Gasteiger partial charge in [0, 0.05) is 31.0 Å². The zero-order valence-corrected chi connectivity index (χ0v) is 14.5. The minimum atomic E-state index is -0.0784. The van der Waals surface area contributed by atoms with Crippen LogP contribution < -0.4 is 10.1 Å². The monoisotopic (exact) mass is 327 g/mol. The second kappa shape index (κ2) is 7.09. The molecule has 1 aliphatic heterocycles. The number of nitrogens with one attached hydrogen (secondary N) is 1. The average molecular weight is 327 g/mol. The Balaban J connectivity index is 1.94. The summed E-state index contributed by atoms with van der Waals surface area (Å²) in [6.07, 6.45) is 2.08. The maximum atomic E-state index is 12.8. The standard InChI is InChI=1S/C19H25N3O2/c1-14(2)20-13-18(23)22-11-10-21-9-5-8-17(21)19(22)15-6-4-7-16(12-15)24-3/h4-9,12,14,19-20H,10-11,13H2,1-3H3. The van der Waals surface area contributed by atoms with Crippen molar-refractivity contribution in [2.75, 3.05) is 20.2 Å². The fourth-order valence-electron chi connectivity index (χ4n) is 3.21. The molecule has 1 amide bonds. The summed E-state index contributed by atoms with van der Waals surface area (Å²) in [4.78, 5) is 14.8. The van der Waals surface area contributed by atoms with Gasteiger partial charge < -0.3 is 19.5 Å². The van der Waals surface area contributed by atoms with Crippen molar-refractivity contribution < 1.29 is 9.53 Å². The molecule has 1 N–H and O–H groups in total. The van der Waals surface area contributed by atoms with E-state index in [1.807, 2.05) is 43.0 Å². The number of ether oxygens (including phenoxy) is 1. The van der Waals surface area contributed by atoms with E-state index in [-0.39, 0.29) is 18.0 Å². The molecule has 2 aromatic rings. The highest BCUT2D eigenvalue weighted by molar-refractivity contribution is 5.79. The molecule has 0 bridgehead atoms. The molecule has 0 saturated heterocycles. The smallest absolute Gasteiger partial charge is 0.237 e. The Hall–Kier alpha value is -2.27. The first-order chi connectivity index (χ1) is 11.6. The average Bonchev–Trinajstić information content (AvgIpc) is 3.07. The molecule has 1 aromatic carbocycles. The number of amides is 1. The number of aromatic nitrogens is 1. The van der Waals surface area contributed by atoms with Crippen LogP contribution in [0.3, 0.4) is 0 Å². The van der Waals surface area contributed by atoms with Crippen molar-refractivity contribution in [3.63, 3.8) is 0 Å². The minimum Gasteiger partial charge on any atom is -0.497 e. The van der Waals surface area contributed by atoms with E-state index in [0.717, 1.165) is 23.6 Å². The van der Waals surface area contributed by atoms with Crippen LogP contribution in [0.25, 0.3) is 0 Å². The predicted octanol–water partition coefficient (Wildman–Crippen LogP) is 2.43. The van der Waals surface area contributed by atoms with E-state index < -0.39 is 0 Å². The van der Waals surface area contributed by atoms with E-state index in [9.17, 15) is 4.79 Å². The Kier molecular flexibility index (Phi) is 4.90. The normalized spacial score (nSPS) is 17.0. The molecule has 1 unspecified atom stereocenters. The molecule has 1 atom stereocenters. The Morgan fingerprint density at radius 1 is 1.29 bits per heavy atom. The molecule has 1 aliphatic rings. The first kappa shape index (κ1) is 16.6. The van der Waals surface area contributed by atoms with E-state index in [1.54, 1.807) is 7.11 Å². The molecule has 0 saturated carbocycles. The quantitative estimate of drug-likeness (QED) is 0.917. The molecule has 1 aromatic heterocycles. The summed E-state index contributed by atoms with van der Waals surface area (Å²) in [5, 5.41) is 3.23. The summed E-state index contributed by atoms with van der Waals surface area (Å²) in [6, 6.07) is 12.3. The van der Waals surface area contributed by atoms with Gasteiger partial charge >= 0.3 is 0 Å². The van der Waals surface area contributed by atoms with Gasteiger partial charge in [-0.2, -0.15) is 0 Å². The number of carbonyl (C=O) groups is 1. The molecule has 3 rings (SSSR count). The van der Waals surface area contributed by atoms with Crippen LogP contribution in [0.15, 0.2) is 42.6 Å². The Bertz CT molecular complexity index is 708. The molecule has 5 nitrogen and oxygen atoms in total. The zero-order chi connectivity index (χ0) is 17.1. The first-order valence-electron chi connectivity index (χ1n) is 8.42. The molecular weight excluding hydrogens is 302 g/mol. The van der Waals surface area contributed by atoms with Crippen LogP contribution in [-0.4, -0.2) is 41.6 Å². The van der Waals surface area contributed by atoms with E-state index in [1.165, 1.54) is 0 Å². The van der Waals surface area contributed by atoms with E-state index >= 15 is 0 Å². The van der Waals surface area contributed by atoms with Crippen LogP contribution in [0.5, 0.6) is 5.75 Å². The van der Waals surface area contributed by atoms with E-state index in [0.29, 0.717) is 13.1 Å². The van der Waals surface area contributed by atoms with E-state index in [4.69, 9.17) is 4.74 Å². The van der Waals surface area contributed by atoms with Crippen molar-refractivity contribution in [2.24, 2.45) is 0 Å². The lowest BCUT2D eigenvalue weighted by Crippen LogP contribution is -2.46. The zero-order valence-electron chi connectivity index (χ0n) is 14.5. The van der Waals surface area contributed by atoms with Crippen molar-refractivity contribution in [3.8, 4) is 5.75 Å². The Labute approximate surface area is 143 Å².